The van der Waals surface area contributed by atoms with Gasteiger partial charge in [0.25, 0.3) is 5.91 Å². The molecular formula is C24H28F2N2O5. The highest BCUT2D eigenvalue weighted by Crippen LogP contribution is 2.30. The van der Waals surface area contributed by atoms with E-state index in [-0.39, 0.29) is 24.3 Å². The molecule has 2 atom stereocenters. The second kappa shape index (κ2) is 9.35. The highest BCUT2D eigenvalue weighted by molar-refractivity contribution is 6.07. The third kappa shape index (κ3) is 5.60. The lowest BCUT2D eigenvalue weighted by Crippen LogP contribution is -2.42. The van der Waals surface area contributed by atoms with E-state index in [1.807, 2.05) is 12.1 Å². The third-order valence-electron chi connectivity index (χ3n) is 5.49. The van der Waals surface area contributed by atoms with Gasteiger partial charge < -0.3 is 19.9 Å². The van der Waals surface area contributed by atoms with E-state index in [1.54, 1.807) is 12.1 Å². The Labute approximate surface area is 191 Å². The molecule has 178 valence electrons. The van der Waals surface area contributed by atoms with Gasteiger partial charge in [-0.3, -0.25) is 9.69 Å². The quantitative estimate of drug-likeness (QED) is 0.583. The maximum absolute atomic E-state index is 13.0. The molecule has 0 saturated carbocycles. The zero-order valence-corrected chi connectivity index (χ0v) is 19.0. The Kier molecular flexibility index (Phi) is 6.92. The summed E-state index contributed by atoms with van der Waals surface area (Å²) in [5.74, 6) is -0.0621. The zero-order valence-electron chi connectivity index (χ0n) is 19.0. The van der Waals surface area contributed by atoms with Gasteiger partial charge >= 0.3 is 12.6 Å². The van der Waals surface area contributed by atoms with Crippen LogP contribution in [0.25, 0.3) is 0 Å². The molecule has 0 aromatic heterocycles. The zero-order chi connectivity index (χ0) is 24.4. The highest BCUT2D eigenvalue weighted by atomic mass is 19.3. The summed E-state index contributed by atoms with van der Waals surface area (Å²) in [6.07, 6.45) is -1.11. The number of rotatable bonds is 8. The van der Waals surface area contributed by atoms with Gasteiger partial charge in [-0.15, -0.1) is 0 Å². The molecule has 2 aromatic rings. The van der Waals surface area contributed by atoms with E-state index in [2.05, 4.69) is 30.8 Å². The number of ether oxygens (including phenoxy) is 2. The fraction of sp³-hybridized carbons (Fsp3) is 0.417. The van der Waals surface area contributed by atoms with E-state index in [9.17, 15) is 23.5 Å². The van der Waals surface area contributed by atoms with E-state index in [4.69, 9.17) is 4.74 Å². The minimum absolute atomic E-state index is 0.00440. The number of carbonyl (C=O) groups is 2. The van der Waals surface area contributed by atoms with Crippen LogP contribution in [0.15, 0.2) is 48.5 Å². The molecule has 0 unspecified atom stereocenters. The van der Waals surface area contributed by atoms with Crippen molar-refractivity contribution in [2.45, 2.75) is 51.4 Å². The van der Waals surface area contributed by atoms with Crippen LogP contribution >= 0.6 is 0 Å². The van der Waals surface area contributed by atoms with Crippen molar-refractivity contribution < 1.29 is 33.0 Å². The molecule has 2 N–H and O–H groups in total. The summed E-state index contributed by atoms with van der Waals surface area (Å²) in [6, 6.07) is 12.3. The van der Waals surface area contributed by atoms with E-state index in [0.29, 0.717) is 11.3 Å². The second-order valence-electron chi connectivity index (χ2n) is 9.11. The topological polar surface area (TPSA) is 88.1 Å². The monoisotopic (exact) mass is 462 g/mol. The van der Waals surface area contributed by atoms with Crippen LogP contribution in [0, 0.1) is 0 Å². The minimum Gasteiger partial charge on any atom is -0.491 e. The largest absolute Gasteiger partial charge is 0.491 e. The normalized spacial score (nSPS) is 19.6. The smallest absolute Gasteiger partial charge is 0.387 e. The molecule has 3 rings (SSSR count). The summed E-state index contributed by atoms with van der Waals surface area (Å²) in [7, 11) is 0. The first-order valence-corrected chi connectivity index (χ1v) is 10.5. The number of β-amino-alcohol motifs (C(OH)–C–C–N with tert-alkyl or cyclic N) is 1. The number of imide groups is 1. The first kappa shape index (κ1) is 24.4. The van der Waals surface area contributed by atoms with Crippen molar-refractivity contribution in [2.75, 3.05) is 13.2 Å². The number of aliphatic hydroxyl groups is 1. The van der Waals surface area contributed by atoms with Crippen LogP contribution in [0.1, 0.15) is 38.8 Å². The van der Waals surface area contributed by atoms with Gasteiger partial charge in [0.1, 0.15) is 29.7 Å². The number of carbonyl (C=O) groups excluding carboxylic acids is 2. The highest BCUT2D eigenvalue weighted by Gasteiger charge is 2.49. The van der Waals surface area contributed by atoms with Crippen molar-refractivity contribution >= 4 is 11.9 Å². The summed E-state index contributed by atoms with van der Waals surface area (Å²) in [6.45, 7) is 4.48. The van der Waals surface area contributed by atoms with Gasteiger partial charge in [-0.2, -0.15) is 8.78 Å². The van der Waals surface area contributed by atoms with Gasteiger partial charge in [0, 0.05) is 0 Å². The SMILES string of the molecule is CC(C)(C)c1ccc(OC[C@@H](O)CN2C(=O)N[C@@](C)(c3ccc(OC(F)F)cc3)C2=O)cc1. The Morgan fingerprint density at radius 1 is 1.03 bits per heavy atom. The molecule has 0 bridgehead atoms. The molecule has 1 aliphatic rings. The predicted molar refractivity (Wildman–Crippen MR) is 117 cm³/mol. The maximum Gasteiger partial charge on any atom is 0.387 e. The van der Waals surface area contributed by atoms with Crippen LogP contribution in [-0.4, -0.2) is 47.8 Å². The maximum atomic E-state index is 13.0. The second-order valence-corrected chi connectivity index (χ2v) is 9.11. The number of nitrogens with one attached hydrogen (secondary N) is 1. The Bertz CT molecular complexity index is 989. The van der Waals surface area contributed by atoms with Gasteiger partial charge in [-0.25, -0.2) is 4.79 Å². The Morgan fingerprint density at radius 3 is 2.15 bits per heavy atom. The number of aliphatic hydroxyl groups excluding tert-OH is 1. The number of hydrogen-bond acceptors (Lipinski definition) is 5. The van der Waals surface area contributed by atoms with Crippen molar-refractivity contribution in [2.24, 2.45) is 0 Å². The lowest BCUT2D eigenvalue weighted by atomic mass is 9.87. The van der Waals surface area contributed by atoms with E-state index >= 15 is 0 Å². The first-order valence-electron chi connectivity index (χ1n) is 10.5. The van der Waals surface area contributed by atoms with Crippen molar-refractivity contribution in [1.82, 2.24) is 10.2 Å². The van der Waals surface area contributed by atoms with Gasteiger partial charge in [0.2, 0.25) is 0 Å². The molecule has 0 spiro atoms. The molecule has 9 heteroatoms. The fourth-order valence-corrected chi connectivity index (χ4v) is 3.54. The van der Waals surface area contributed by atoms with E-state index < -0.39 is 30.2 Å². The molecule has 33 heavy (non-hydrogen) atoms. The molecular weight excluding hydrogens is 434 g/mol. The first-order chi connectivity index (χ1) is 15.4. The Balaban J connectivity index is 1.61. The lowest BCUT2D eigenvalue weighted by Gasteiger charge is -2.23. The van der Waals surface area contributed by atoms with Gasteiger partial charge in [0.15, 0.2) is 0 Å². The van der Waals surface area contributed by atoms with E-state index in [0.717, 1.165) is 10.5 Å². The van der Waals surface area contributed by atoms with Crippen molar-refractivity contribution in [3.8, 4) is 11.5 Å². The Morgan fingerprint density at radius 2 is 1.61 bits per heavy atom. The minimum atomic E-state index is -2.96. The molecule has 1 saturated heterocycles. The number of alkyl halides is 2. The number of hydrogen-bond donors (Lipinski definition) is 2. The summed E-state index contributed by atoms with van der Waals surface area (Å²) < 4.78 is 34.6. The molecule has 0 radical (unpaired) electrons. The number of urea groups is 1. The van der Waals surface area contributed by atoms with Crippen LogP contribution in [-0.2, 0) is 15.7 Å². The molecule has 7 nitrogen and oxygen atoms in total. The fourth-order valence-electron chi connectivity index (χ4n) is 3.54. The average molecular weight is 462 g/mol. The van der Waals surface area contributed by atoms with Gasteiger partial charge in [-0.05, 0) is 47.7 Å². The molecule has 3 amide bonds. The number of amides is 3. The summed E-state index contributed by atoms with van der Waals surface area (Å²) in [4.78, 5) is 26.3. The Hall–Kier alpha value is -3.20. The third-order valence-corrected chi connectivity index (χ3v) is 5.49. The standard InChI is InChI=1S/C24H28F2N2O5/c1-23(2,3)15-5-9-18(10-6-15)32-14-17(29)13-28-20(30)24(4,27-22(28)31)16-7-11-19(12-8-16)33-21(25)26/h5-12,17,21,29H,13-14H2,1-4H3,(H,27,31)/t17-,24-/m0/s1. The van der Waals surface area contributed by atoms with Crippen molar-refractivity contribution in [3.05, 3.63) is 59.7 Å². The van der Waals surface area contributed by atoms with Gasteiger partial charge in [0.05, 0.1) is 6.54 Å². The predicted octanol–water partition coefficient (Wildman–Crippen LogP) is 3.79. The molecule has 0 aliphatic carbocycles. The van der Waals surface area contributed by atoms with Crippen molar-refractivity contribution in [3.63, 3.8) is 0 Å². The lowest BCUT2D eigenvalue weighted by molar-refractivity contribution is -0.132. The van der Waals surface area contributed by atoms with Crippen LogP contribution in [0.4, 0.5) is 13.6 Å². The summed E-state index contributed by atoms with van der Waals surface area (Å²) in [5, 5.41) is 13.0. The van der Waals surface area contributed by atoms with Crippen LogP contribution in [0.5, 0.6) is 11.5 Å². The summed E-state index contributed by atoms with van der Waals surface area (Å²) >= 11 is 0. The van der Waals surface area contributed by atoms with Crippen molar-refractivity contribution in [1.29, 1.82) is 0 Å². The molecule has 1 fully saturated rings. The number of halogens is 2. The van der Waals surface area contributed by atoms with Crippen LogP contribution in [0.2, 0.25) is 0 Å². The number of benzene rings is 2. The molecule has 1 heterocycles. The average Bonchev–Trinajstić information content (AvgIpc) is 2.96. The number of nitrogens with zero attached hydrogens (tertiary/aromatic N) is 1. The van der Waals surface area contributed by atoms with E-state index in [1.165, 1.54) is 31.2 Å². The molecule has 1 aliphatic heterocycles. The van der Waals surface area contributed by atoms with Crippen LogP contribution < -0.4 is 14.8 Å². The van der Waals surface area contributed by atoms with Crippen LogP contribution in [0.3, 0.4) is 0 Å². The summed E-state index contributed by atoms with van der Waals surface area (Å²) in [5.41, 5.74) is 0.145. The molecule has 2 aromatic carbocycles. The van der Waals surface area contributed by atoms with Gasteiger partial charge in [-0.1, -0.05) is 45.0 Å².